The Balaban J connectivity index is 2.17. The monoisotopic (exact) mass is 263 g/mol. The van der Waals surface area contributed by atoms with Gasteiger partial charge in [-0.25, -0.2) is 0 Å². The van der Waals surface area contributed by atoms with Gasteiger partial charge in [-0.3, -0.25) is 0 Å². The molecule has 0 fully saturated rings. The summed E-state index contributed by atoms with van der Waals surface area (Å²) >= 11 is 0. The number of rotatable bonds is 6. The molecule has 0 spiro atoms. The topological polar surface area (TPSA) is 83.4 Å². The number of para-hydroxylation sites is 1. The van der Waals surface area contributed by atoms with Gasteiger partial charge >= 0.3 is 0 Å². The first-order valence-electron chi connectivity index (χ1n) is 6.02. The standard InChI is InChI=1S/C13H17N3O3/c1-9-15-12(16-19-9)8-18-13-10(6-7-14)4-3-5-11(13)17-2/h3-5H,6-8,14H2,1-2H3. The van der Waals surface area contributed by atoms with Gasteiger partial charge in [-0.05, 0) is 24.6 Å². The van der Waals surface area contributed by atoms with Crippen LogP contribution < -0.4 is 15.2 Å². The third-order valence-corrected chi connectivity index (χ3v) is 2.61. The summed E-state index contributed by atoms with van der Waals surface area (Å²) in [6.45, 7) is 2.51. The van der Waals surface area contributed by atoms with E-state index in [1.165, 1.54) is 0 Å². The van der Waals surface area contributed by atoms with E-state index in [2.05, 4.69) is 10.1 Å². The summed E-state index contributed by atoms with van der Waals surface area (Å²) in [6.07, 6.45) is 0.720. The molecule has 0 unspecified atom stereocenters. The second-order valence-corrected chi connectivity index (χ2v) is 4.01. The molecule has 102 valence electrons. The predicted octanol–water partition coefficient (Wildman–Crippen LogP) is 1.47. The second-order valence-electron chi connectivity index (χ2n) is 4.01. The highest BCUT2D eigenvalue weighted by molar-refractivity contribution is 5.46. The molecule has 6 heteroatoms. The molecule has 2 rings (SSSR count). The van der Waals surface area contributed by atoms with E-state index in [0.717, 1.165) is 12.0 Å². The number of hydrogen-bond donors (Lipinski definition) is 1. The minimum Gasteiger partial charge on any atom is -0.493 e. The number of nitrogens with two attached hydrogens (primary N) is 1. The molecule has 0 bridgehead atoms. The van der Waals surface area contributed by atoms with Crippen LogP contribution in [0, 0.1) is 6.92 Å². The molecule has 0 radical (unpaired) electrons. The van der Waals surface area contributed by atoms with Crippen molar-refractivity contribution in [2.45, 2.75) is 20.0 Å². The number of benzene rings is 1. The smallest absolute Gasteiger partial charge is 0.223 e. The Bertz CT molecular complexity index is 540. The molecular formula is C13H17N3O3. The summed E-state index contributed by atoms with van der Waals surface area (Å²) in [6, 6.07) is 5.72. The summed E-state index contributed by atoms with van der Waals surface area (Å²) < 4.78 is 15.9. The van der Waals surface area contributed by atoms with Crippen molar-refractivity contribution in [1.29, 1.82) is 0 Å². The highest BCUT2D eigenvalue weighted by atomic mass is 16.5. The van der Waals surface area contributed by atoms with Gasteiger partial charge in [0, 0.05) is 6.92 Å². The van der Waals surface area contributed by atoms with Crippen molar-refractivity contribution in [3.05, 3.63) is 35.5 Å². The van der Waals surface area contributed by atoms with Crippen molar-refractivity contribution >= 4 is 0 Å². The maximum absolute atomic E-state index is 5.75. The lowest BCUT2D eigenvalue weighted by Gasteiger charge is -2.13. The van der Waals surface area contributed by atoms with Crippen LogP contribution in [-0.4, -0.2) is 23.8 Å². The van der Waals surface area contributed by atoms with Crippen LogP contribution in [-0.2, 0) is 13.0 Å². The van der Waals surface area contributed by atoms with Crippen molar-refractivity contribution in [3.63, 3.8) is 0 Å². The van der Waals surface area contributed by atoms with Gasteiger partial charge in [0.2, 0.25) is 11.7 Å². The van der Waals surface area contributed by atoms with Gasteiger partial charge in [-0.2, -0.15) is 4.98 Å². The minimum atomic E-state index is 0.231. The average Bonchev–Trinajstić information content (AvgIpc) is 2.83. The number of aromatic nitrogens is 2. The molecule has 19 heavy (non-hydrogen) atoms. The van der Waals surface area contributed by atoms with Crippen LogP contribution in [0.2, 0.25) is 0 Å². The largest absolute Gasteiger partial charge is 0.493 e. The average molecular weight is 263 g/mol. The molecule has 0 amide bonds. The van der Waals surface area contributed by atoms with Gasteiger partial charge in [0.1, 0.15) is 0 Å². The zero-order chi connectivity index (χ0) is 13.7. The molecular weight excluding hydrogens is 246 g/mol. The number of nitrogens with zero attached hydrogens (tertiary/aromatic N) is 2. The van der Waals surface area contributed by atoms with Crippen molar-refractivity contribution in [2.24, 2.45) is 5.73 Å². The van der Waals surface area contributed by atoms with Crippen molar-refractivity contribution in [1.82, 2.24) is 10.1 Å². The molecule has 1 aromatic heterocycles. The normalized spacial score (nSPS) is 10.5. The number of methoxy groups -OCH3 is 1. The molecule has 2 N–H and O–H groups in total. The first kappa shape index (κ1) is 13.4. The fourth-order valence-electron chi connectivity index (χ4n) is 1.77. The minimum absolute atomic E-state index is 0.231. The quantitative estimate of drug-likeness (QED) is 0.849. The number of ether oxygens (including phenoxy) is 2. The lowest BCUT2D eigenvalue weighted by atomic mass is 10.1. The number of hydrogen-bond acceptors (Lipinski definition) is 6. The van der Waals surface area contributed by atoms with Gasteiger partial charge < -0.3 is 19.7 Å². The van der Waals surface area contributed by atoms with Crippen molar-refractivity contribution in [3.8, 4) is 11.5 Å². The Morgan fingerprint density at radius 3 is 2.84 bits per heavy atom. The zero-order valence-corrected chi connectivity index (χ0v) is 11.0. The fraction of sp³-hybridized carbons (Fsp3) is 0.385. The van der Waals surface area contributed by atoms with Crippen LogP contribution in [0.5, 0.6) is 11.5 Å². The van der Waals surface area contributed by atoms with E-state index < -0.39 is 0 Å². The van der Waals surface area contributed by atoms with Gasteiger partial charge in [0.15, 0.2) is 18.1 Å². The Morgan fingerprint density at radius 1 is 1.37 bits per heavy atom. The van der Waals surface area contributed by atoms with Crippen LogP contribution in [0.1, 0.15) is 17.3 Å². The molecule has 0 aliphatic rings. The van der Waals surface area contributed by atoms with E-state index in [-0.39, 0.29) is 6.61 Å². The van der Waals surface area contributed by atoms with Crippen LogP contribution >= 0.6 is 0 Å². The molecule has 0 atom stereocenters. The van der Waals surface area contributed by atoms with Gasteiger partial charge in [0.25, 0.3) is 0 Å². The summed E-state index contributed by atoms with van der Waals surface area (Å²) in [5.74, 6) is 2.37. The van der Waals surface area contributed by atoms with Gasteiger partial charge in [-0.15, -0.1) is 0 Å². The molecule has 0 aliphatic heterocycles. The lowest BCUT2D eigenvalue weighted by molar-refractivity contribution is 0.266. The molecule has 2 aromatic rings. The Morgan fingerprint density at radius 2 is 2.21 bits per heavy atom. The third-order valence-electron chi connectivity index (χ3n) is 2.61. The zero-order valence-electron chi connectivity index (χ0n) is 11.0. The molecule has 0 saturated carbocycles. The summed E-state index contributed by atoms with van der Waals surface area (Å²) in [5, 5.41) is 3.79. The molecule has 1 heterocycles. The Hall–Kier alpha value is -2.08. The van der Waals surface area contributed by atoms with Crippen LogP contribution in [0.25, 0.3) is 0 Å². The first-order chi connectivity index (χ1) is 9.24. The van der Waals surface area contributed by atoms with Gasteiger partial charge in [0.05, 0.1) is 7.11 Å². The summed E-state index contributed by atoms with van der Waals surface area (Å²) in [5.41, 5.74) is 6.60. The predicted molar refractivity (Wildman–Crippen MR) is 69.1 cm³/mol. The first-order valence-corrected chi connectivity index (χ1v) is 6.02. The second kappa shape index (κ2) is 6.19. The van der Waals surface area contributed by atoms with Crippen LogP contribution in [0.15, 0.2) is 22.7 Å². The number of aryl methyl sites for hydroxylation is 1. The molecule has 0 saturated heterocycles. The van der Waals surface area contributed by atoms with E-state index in [4.69, 9.17) is 19.7 Å². The molecule has 1 aromatic carbocycles. The van der Waals surface area contributed by atoms with Crippen molar-refractivity contribution in [2.75, 3.05) is 13.7 Å². The Kier molecular flexibility index (Phi) is 4.35. The Labute approximate surface area is 111 Å². The van der Waals surface area contributed by atoms with Gasteiger partial charge in [-0.1, -0.05) is 17.3 Å². The van der Waals surface area contributed by atoms with E-state index in [9.17, 15) is 0 Å². The maximum atomic E-state index is 5.75. The molecule has 0 aliphatic carbocycles. The maximum Gasteiger partial charge on any atom is 0.223 e. The van der Waals surface area contributed by atoms with E-state index in [1.807, 2.05) is 18.2 Å². The lowest BCUT2D eigenvalue weighted by Crippen LogP contribution is -2.07. The van der Waals surface area contributed by atoms with E-state index >= 15 is 0 Å². The third kappa shape index (κ3) is 3.23. The highest BCUT2D eigenvalue weighted by Crippen LogP contribution is 2.31. The molecule has 6 nitrogen and oxygen atoms in total. The summed E-state index contributed by atoms with van der Waals surface area (Å²) in [4.78, 5) is 4.09. The van der Waals surface area contributed by atoms with E-state index in [1.54, 1.807) is 14.0 Å². The SMILES string of the molecule is COc1cccc(CCN)c1OCc1noc(C)n1. The van der Waals surface area contributed by atoms with Crippen LogP contribution in [0.3, 0.4) is 0 Å². The summed E-state index contributed by atoms with van der Waals surface area (Å²) in [7, 11) is 1.60. The van der Waals surface area contributed by atoms with Crippen LogP contribution in [0.4, 0.5) is 0 Å². The van der Waals surface area contributed by atoms with Crippen molar-refractivity contribution < 1.29 is 14.0 Å². The highest BCUT2D eigenvalue weighted by Gasteiger charge is 2.12. The van der Waals surface area contributed by atoms with E-state index in [0.29, 0.717) is 29.8 Å². The fourth-order valence-corrected chi connectivity index (χ4v) is 1.77.